The third-order valence-electron chi connectivity index (χ3n) is 7.60. The fourth-order valence-corrected chi connectivity index (χ4v) is 5.09. The lowest BCUT2D eigenvalue weighted by Gasteiger charge is -2.36. The van der Waals surface area contributed by atoms with Crippen molar-refractivity contribution in [3.63, 3.8) is 0 Å². The first-order valence-corrected chi connectivity index (χ1v) is 12.2. The third kappa shape index (κ3) is 3.71. The highest BCUT2D eigenvalue weighted by atomic mass is 16.2. The van der Waals surface area contributed by atoms with Crippen LogP contribution in [0.3, 0.4) is 0 Å². The standard InChI is InChI=1S/C26H29N5O3/c1-26(24(33)28-25(34)29-26)20-8-6-18(7-9-20)23(32)31-12-10-30(11-13-31)22-21(17-4-5-17)14-19(15-27-22)16-2-3-16/h6-9,14-17H,2-5,10-13H2,1H3,(H2,28,29,33,34). The molecule has 4 fully saturated rings. The summed E-state index contributed by atoms with van der Waals surface area (Å²) in [5.41, 5.74) is 2.90. The molecular weight excluding hydrogens is 430 g/mol. The van der Waals surface area contributed by atoms with Crippen LogP contribution in [0.2, 0.25) is 0 Å². The molecule has 0 radical (unpaired) electrons. The van der Waals surface area contributed by atoms with Crippen LogP contribution in [0.5, 0.6) is 0 Å². The molecule has 2 aromatic rings. The van der Waals surface area contributed by atoms with Crippen LogP contribution in [0, 0.1) is 0 Å². The number of imide groups is 1. The Morgan fingerprint density at radius 2 is 1.68 bits per heavy atom. The Morgan fingerprint density at radius 3 is 2.26 bits per heavy atom. The lowest BCUT2D eigenvalue weighted by Crippen LogP contribution is -2.49. The van der Waals surface area contributed by atoms with Gasteiger partial charge in [-0.25, -0.2) is 9.78 Å². The van der Waals surface area contributed by atoms with Gasteiger partial charge >= 0.3 is 6.03 Å². The molecule has 2 saturated carbocycles. The van der Waals surface area contributed by atoms with E-state index in [9.17, 15) is 14.4 Å². The predicted molar refractivity (Wildman–Crippen MR) is 127 cm³/mol. The van der Waals surface area contributed by atoms with E-state index in [1.165, 1.54) is 36.8 Å². The minimum absolute atomic E-state index is 0.0179. The smallest absolute Gasteiger partial charge is 0.322 e. The number of urea groups is 1. The number of aromatic nitrogens is 1. The quantitative estimate of drug-likeness (QED) is 0.671. The molecule has 0 spiro atoms. The van der Waals surface area contributed by atoms with Crippen molar-refractivity contribution in [3.8, 4) is 0 Å². The van der Waals surface area contributed by atoms with E-state index in [-0.39, 0.29) is 5.91 Å². The Hall–Kier alpha value is -3.42. The van der Waals surface area contributed by atoms with E-state index in [0.717, 1.165) is 18.9 Å². The van der Waals surface area contributed by atoms with Crippen LogP contribution in [0.4, 0.5) is 10.6 Å². The Labute approximate surface area is 198 Å². The van der Waals surface area contributed by atoms with Gasteiger partial charge in [0.15, 0.2) is 0 Å². The molecule has 6 rings (SSSR count). The Bertz CT molecular complexity index is 1160. The van der Waals surface area contributed by atoms with Crippen molar-refractivity contribution in [2.75, 3.05) is 31.1 Å². The van der Waals surface area contributed by atoms with Gasteiger partial charge in [-0.1, -0.05) is 18.2 Å². The summed E-state index contributed by atoms with van der Waals surface area (Å²) in [5.74, 6) is 2.05. The van der Waals surface area contributed by atoms with Gasteiger partial charge in [-0.15, -0.1) is 0 Å². The van der Waals surface area contributed by atoms with Gasteiger partial charge in [-0.2, -0.15) is 0 Å². The summed E-state index contributed by atoms with van der Waals surface area (Å²) < 4.78 is 0. The van der Waals surface area contributed by atoms with Gasteiger partial charge < -0.3 is 15.1 Å². The van der Waals surface area contributed by atoms with Gasteiger partial charge in [0.2, 0.25) is 0 Å². The van der Waals surface area contributed by atoms with Gasteiger partial charge in [-0.05, 0) is 73.3 Å². The van der Waals surface area contributed by atoms with Crippen molar-refractivity contribution in [1.29, 1.82) is 0 Å². The first kappa shape index (κ1) is 21.1. The van der Waals surface area contributed by atoms with E-state index in [0.29, 0.717) is 36.1 Å². The molecule has 1 aromatic carbocycles. The predicted octanol–water partition coefficient (Wildman–Crippen LogP) is 2.85. The maximum absolute atomic E-state index is 13.1. The van der Waals surface area contributed by atoms with Crippen molar-refractivity contribution in [1.82, 2.24) is 20.5 Å². The molecular formula is C26H29N5O3. The number of amides is 4. The topological polar surface area (TPSA) is 94.6 Å². The van der Waals surface area contributed by atoms with Crippen molar-refractivity contribution in [3.05, 3.63) is 58.8 Å². The van der Waals surface area contributed by atoms with Crippen LogP contribution in [-0.4, -0.2) is 53.9 Å². The van der Waals surface area contributed by atoms with Gasteiger partial charge in [0.25, 0.3) is 11.8 Å². The van der Waals surface area contributed by atoms with E-state index < -0.39 is 17.5 Å². The molecule has 2 saturated heterocycles. The first-order valence-electron chi connectivity index (χ1n) is 12.2. The molecule has 0 bridgehead atoms. The number of carbonyl (C=O) groups is 3. The highest BCUT2D eigenvalue weighted by Gasteiger charge is 2.43. The lowest BCUT2D eigenvalue weighted by molar-refractivity contribution is -0.123. The molecule has 4 amide bonds. The summed E-state index contributed by atoms with van der Waals surface area (Å²) in [5, 5.41) is 4.92. The van der Waals surface area contributed by atoms with Gasteiger partial charge in [0, 0.05) is 37.9 Å². The number of piperazine rings is 1. The maximum atomic E-state index is 13.1. The SMILES string of the molecule is CC1(c2ccc(C(=O)N3CCN(c4ncc(C5CC5)cc4C4CC4)CC3)cc2)NC(=O)NC1=O. The minimum Gasteiger partial charge on any atom is -0.353 e. The molecule has 2 aliphatic heterocycles. The van der Waals surface area contributed by atoms with Crippen LogP contribution in [0.25, 0.3) is 0 Å². The summed E-state index contributed by atoms with van der Waals surface area (Å²) in [6.07, 6.45) is 7.14. The molecule has 1 atom stereocenters. The number of benzene rings is 1. The second-order valence-corrected chi connectivity index (χ2v) is 10.1. The van der Waals surface area contributed by atoms with Crippen LogP contribution in [0.1, 0.15) is 71.5 Å². The second-order valence-electron chi connectivity index (χ2n) is 10.1. The summed E-state index contributed by atoms with van der Waals surface area (Å²) in [6, 6.07) is 8.83. The number of nitrogens with zero attached hydrogens (tertiary/aromatic N) is 3. The molecule has 4 aliphatic rings. The zero-order valence-corrected chi connectivity index (χ0v) is 19.3. The Morgan fingerprint density at radius 1 is 1.00 bits per heavy atom. The fourth-order valence-electron chi connectivity index (χ4n) is 5.09. The number of hydrogen-bond acceptors (Lipinski definition) is 5. The summed E-state index contributed by atoms with van der Waals surface area (Å²) in [6.45, 7) is 4.48. The number of anilines is 1. The highest BCUT2D eigenvalue weighted by molar-refractivity contribution is 6.07. The van der Waals surface area contributed by atoms with Crippen LogP contribution in [-0.2, 0) is 10.3 Å². The van der Waals surface area contributed by atoms with Crippen LogP contribution < -0.4 is 15.5 Å². The average Bonchev–Trinajstić information content (AvgIpc) is 3.77. The molecule has 1 aromatic heterocycles. The molecule has 34 heavy (non-hydrogen) atoms. The summed E-state index contributed by atoms with van der Waals surface area (Å²) in [4.78, 5) is 45.9. The van der Waals surface area contributed by atoms with Crippen molar-refractivity contribution >= 4 is 23.7 Å². The van der Waals surface area contributed by atoms with Crippen LogP contribution in [0.15, 0.2) is 36.5 Å². The minimum atomic E-state index is -1.12. The number of rotatable bonds is 5. The fraction of sp³-hybridized carbons (Fsp3) is 0.462. The number of carbonyl (C=O) groups excluding carboxylic acids is 3. The number of hydrogen-bond donors (Lipinski definition) is 2. The van der Waals surface area contributed by atoms with Crippen molar-refractivity contribution in [2.24, 2.45) is 0 Å². The Balaban J connectivity index is 1.12. The molecule has 2 aliphatic carbocycles. The molecule has 1 unspecified atom stereocenters. The molecule has 3 heterocycles. The van der Waals surface area contributed by atoms with E-state index in [1.54, 1.807) is 31.2 Å². The monoisotopic (exact) mass is 459 g/mol. The number of pyridine rings is 1. The van der Waals surface area contributed by atoms with E-state index in [2.05, 4.69) is 27.8 Å². The highest BCUT2D eigenvalue weighted by Crippen LogP contribution is 2.47. The molecule has 2 N–H and O–H groups in total. The van der Waals surface area contributed by atoms with Crippen LogP contribution >= 0.6 is 0 Å². The van der Waals surface area contributed by atoms with E-state index >= 15 is 0 Å². The third-order valence-corrected chi connectivity index (χ3v) is 7.60. The molecule has 8 nitrogen and oxygen atoms in total. The van der Waals surface area contributed by atoms with Crippen molar-refractivity contribution in [2.45, 2.75) is 50.0 Å². The number of nitrogens with one attached hydrogen (secondary N) is 2. The van der Waals surface area contributed by atoms with Gasteiger partial charge in [0.05, 0.1) is 0 Å². The van der Waals surface area contributed by atoms with Crippen molar-refractivity contribution < 1.29 is 14.4 Å². The average molecular weight is 460 g/mol. The first-order chi connectivity index (χ1) is 16.4. The zero-order valence-electron chi connectivity index (χ0n) is 19.3. The summed E-state index contributed by atoms with van der Waals surface area (Å²) >= 11 is 0. The second kappa shape index (κ2) is 7.82. The van der Waals surface area contributed by atoms with E-state index in [4.69, 9.17) is 4.98 Å². The molecule has 8 heteroatoms. The normalized spacial score (nSPS) is 24.7. The zero-order chi connectivity index (χ0) is 23.4. The summed E-state index contributed by atoms with van der Waals surface area (Å²) in [7, 11) is 0. The Kier molecular flexibility index (Phi) is 4.86. The van der Waals surface area contributed by atoms with Gasteiger partial charge in [0.1, 0.15) is 11.4 Å². The van der Waals surface area contributed by atoms with Gasteiger partial charge in [-0.3, -0.25) is 14.9 Å². The molecule has 176 valence electrons. The maximum Gasteiger partial charge on any atom is 0.322 e. The largest absolute Gasteiger partial charge is 0.353 e. The van der Waals surface area contributed by atoms with E-state index in [1.807, 2.05) is 4.90 Å². The lowest BCUT2D eigenvalue weighted by atomic mass is 9.91.